The molecule has 2 aromatic carbocycles. The van der Waals surface area contributed by atoms with Gasteiger partial charge in [-0.15, -0.1) is 0 Å². The highest BCUT2D eigenvalue weighted by Crippen LogP contribution is 2.20. The number of methoxy groups -OCH3 is 2. The number of hydrogen-bond donors (Lipinski definition) is 1. The zero-order valence-corrected chi connectivity index (χ0v) is 15.3. The fraction of sp³-hybridized carbons (Fsp3) is 0.250. The Labute approximate surface area is 157 Å². The number of carbonyl (C=O) groups excluding carboxylic acids is 1. The van der Waals surface area contributed by atoms with Gasteiger partial charge in [-0.2, -0.15) is 4.98 Å². The molecule has 7 heteroatoms. The first-order valence-corrected chi connectivity index (χ1v) is 8.52. The number of carbonyl (C=O) groups is 1. The summed E-state index contributed by atoms with van der Waals surface area (Å²) < 4.78 is 15.5. The number of ether oxygens (including phenoxy) is 2. The number of aromatic nitrogens is 2. The number of nitrogens with one attached hydrogen (secondary N) is 1. The summed E-state index contributed by atoms with van der Waals surface area (Å²) in [6, 6.07) is 14.9. The van der Waals surface area contributed by atoms with Gasteiger partial charge in [-0.05, 0) is 42.0 Å². The van der Waals surface area contributed by atoms with E-state index in [0.717, 1.165) is 22.6 Å². The Morgan fingerprint density at radius 1 is 1.15 bits per heavy atom. The first-order chi connectivity index (χ1) is 13.2. The van der Waals surface area contributed by atoms with Gasteiger partial charge in [0.15, 0.2) is 0 Å². The lowest BCUT2D eigenvalue weighted by molar-refractivity contribution is -0.116. The minimum absolute atomic E-state index is 0.117. The molecule has 3 rings (SSSR count). The second kappa shape index (κ2) is 8.95. The van der Waals surface area contributed by atoms with Gasteiger partial charge in [-0.3, -0.25) is 4.79 Å². The van der Waals surface area contributed by atoms with E-state index < -0.39 is 0 Å². The van der Waals surface area contributed by atoms with Crippen LogP contribution in [0.15, 0.2) is 53.1 Å². The molecule has 0 atom stereocenters. The van der Waals surface area contributed by atoms with Crippen molar-refractivity contribution < 1.29 is 18.8 Å². The number of hydrogen-bond acceptors (Lipinski definition) is 6. The van der Waals surface area contributed by atoms with E-state index in [2.05, 4.69) is 15.5 Å². The van der Waals surface area contributed by atoms with Crippen LogP contribution in [0, 0.1) is 0 Å². The van der Waals surface area contributed by atoms with E-state index in [1.807, 2.05) is 48.5 Å². The minimum atomic E-state index is -0.117. The smallest absolute Gasteiger partial charge is 0.227 e. The maximum atomic E-state index is 12.2. The summed E-state index contributed by atoms with van der Waals surface area (Å²) in [7, 11) is 3.25. The first-order valence-electron chi connectivity index (χ1n) is 8.52. The third kappa shape index (κ3) is 5.15. The number of nitrogens with zero attached hydrogens (tertiary/aromatic N) is 2. The second-order valence-corrected chi connectivity index (χ2v) is 5.92. The van der Waals surface area contributed by atoms with Crippen LogP contribution in [0.3, 0.4) is 0 Å². The van der Waals surface area contributed by atoms with Gasteiger partial charge in [0, 0.05) is 31.2 Å². The number of benzene rings is 2. The summed E-state index contributed by atoms with van der Waals surface area (Å²) in [5.41, 5.74) is 2.56. The predicted molar refractivity (Wildman–Crippen MR) is 100 cm³/mol. The molecule has 1 aromatic heterocycles. The van der Waals surface area contributed by atoms with E-state index in [0.29, 0.717) is 24.7 Å². The molecule has 0 saturated heterocycles. The summed E-state index contributed by atoms with van der Waals surface area (Å²) in [5.74, 6) is 1.55. The van der Waals surface area contributed by atoms with E-state index in [-0.39, 0.29) is 12.3 Å². The Hall–Kier alpha value is -3.19. The van der Waals surface area contributed by atoms with Crippen molar-refractivity contribution in [3.63, 3.8) is 0 Å². The maximum absolute atomic E-state index is 12.2. The molecule has 0 aliphatic rings. The number of aryl methyl sites for hydroxylation is 1. The van der Waals surface area contributed by atoms with Crippen LogP contribution in [0.5, 0.6) is 5.75 Å². The van der Waals surface area contributed by atoms with Gasteiger partial charge < -0.3 is 19.3 Å². The molecule has 1 amide bonds. The van der Waals surface area contributed by atoms with E-state index in [9.17, 15) is 4.79 Å². The Morgan fingerprint density at radius 3 is 2.70 bits per heavy atom. The van der Waals surface area contributed by atoms with Crippen LogP contribution in [0.1, 0.15) is 17.9 Å². The molecule has 0 aliphatic heterocycles. The van der Waals surface area contributed by atoms with Crippen LogP contribution in [0.2, 0.25) is 0 Å². The van der Waals surface area contributed by atoms with Gasteiger partial charge in [0.05, 0.1) is 13.7 Å². The summed E-state index contributed by atoms with van der Waals surface area (Å²) in [5, 5.41) is 6.83. The van der Waals surface area contributed by atoms with Crippen molar-refractivity contribution in [2.75, 3.05) is 19.5 Å². The fourth-order valence-electron chi connectivity index (χ4n) is 2.56. The highest BCUT2D eigenvalue weighted by molar-refractivity contribution is 5.90. The summed E-state index contributed by atoms with van der Waals surface area (Å²) in [6.07, 6.45) is 0.617. The number of rotatable bonds is 8. The standard InChI is InChI=1S/C20H21N3O4/c1-25-13-14-4-3-5-16(12-14)21-18(24)10-11-19-22-20(23-27-19)15-6-8-17(26-2)9-7-15/h3-9,12H,10-11,13H2,1-2H3,(H,21,24). The molecule has 0 fully saturated rings. The number of amides is 1. The van der Waals surface area contributed by atoms with Gasteiger partial charge >= 0.3 is 0 Å². The van der Waals surface area contributed by atoms with Crippen LogP contribution < -0.4 is 10.1 Å². The lowest BCUT2D eigenvalue weighted by Crippen LogP contribution is -2.12. The van der Waals surface area contributed by atoms with E-state index in [4.69, 9.17) is 14.0 Å². The molecule has 3 aromatic rings. The summed E-state index contributed by atoms with van der Waals surface area (Å²) in [4.78, 5) is 16.5. The van der Waals surface area contributed by atoms with Crippen LogP contribution >= 0.6 is 0 Å². The van der Waals surface area contributed by atoms with Gasteiger partial charge in [-0.1, -0.05) is 17.3 Å². The van der Waals surface area contributed by atoms with Crippen molar-refractivity contribution in [2.45, 2.75) is 19.4 Å². The van der Waals surface area contributed by atoms with Gasteiger partial charge in [0.1, 0.15) is 5.75 Å². The molecule has 27 heavy (non-hydrogen) atoms. The van der Waals surface area contributed by atoms with Crippen molar-refractivity contribution in [2.24, 2.45) is 0 Å². The molecular formula is C20H21N3O4. The largest absolute Gasteiger partial charge is 0.497 e. The normalized spacial score (nSPS) is 10.6. The molecule has 1 N–H and O–H groups in total. The van der Waals surface area contributed by atoms with Gasteiger partial charge in [0.25, 0.3) is 0 Å². The Kier molecular flexibility index (Phi) is 6.17. The molecule has 140 valence electrons. The lowest BCUT2D eigenvalue weighted by atomic mass is 10.2. The van der Waals surface area contributed by atoms with Crippen LogP contribution in [0.4, 0.5) is 5.69 Å². The van der Waals surface area contributed by atoms with Crippen molar-refractivity contribution >= 4 is 11.6 Å². The molecular weight excluding hydrogens is 346 g/mol. The molecule has 7 nitrogen and oxygen atoms in total. The second-order valence-electron chi connectivity index (χ2n) is 5.92. The third-order valence-electron chi connectivity index (χ3n) is 3.90. The van der Waals surface area contributed by atoms with Crippen molar-refractivity contribution in [3.8, 4) is 17.1 Å². The van der Waals surface area contributed by atoms with Crippen molar-refractivity contribution in [3.05, 3.63) is 60.0 Å². The van der Waals surface area contributed by atoms with Crippen molar-refractivity contribution in [1.29, 1.82) is 0 Å². The quantitative estimate of drug-likeness (QED) is 0.656. The topological polar surface area (TPSA) is 86.5 Å². The zero-order valence-electron chi connectivity index (χ0n) is 15.3. The Balaban J connectivity index is 1.54. The third-order valence-corrected chi connectivity index (χ3v) is 3.90. The summed E-state index contributed by atoms with van der Waals surface area (Å²) >= 11 is 0. The molecule has 0 spiro atoms. The monoisotopic (exact) mass is 367 g/mol. The SMILES string of the molecule is COCc1cccc(NC(=O)CCc2nc(-c3ccc(OC)cc3)no2)c1. The highest BCUT2D eigenvalue weighted by Gasteiger charge is 2.11. The molecule has 0 saturated carbocycles. The van der Waals surface area contributed by atoms with Gasteiger partial charge in [-0.25, -0.2) is 0 Å². The lowest BCUT2D eigenvalue weighted by Gasteiger charge is -2.06. The van der Waals surface area contributed by atoms with E-state index in [1.165, 1.54) is 0 Å². The minimum Gasteiger partial charge on any atom is -0.497 e. The van der Waals surface area contributed by atoms with E-state index in [1.54, 1.807) is 14.2 Å². The van der Waals surface area contributed by atoms with E-state index >= 15 is 0 Å². The maximum Gasteiger partial charge on any atom is 0.227 e. The number of anilines is 1. The molecule has 0 unspecified atom stereocenters. The Morgan fingerprint density at radius 2 is 1.96 bits per heavy atom. The average molecular weight is 367 g/mol. The van der Waals surface area contributed by atoms with Crippen molar-refractivity contribution in [1.82, 2.24) is 10.1 Å². The highest BCUT2D eigenvalue weighted by atomic mass is 16.5. The first kappa shape index (κ1) is 18.6. The Bertz CT molecular complexity index is 890. The summed E-state index contributed by atoms with van der Waals surface area (Å²) in [6.45, 7) is 0.500. The zero-order chi connectivity index (χ0) is 19.1. The molecule has 0 bridgehead atoms. The van der Waals surface area contributed by atoms with Crippen LogP contribution in [-0.2, 0) is 22.6 Å². The predicted octanol–water partition coefficient (Wildman–Crippen LogP) is 3.46. The molecule has 0 radical (unpaired) electrons. The molecule has 1 heterocycles. The van der Waals surface area contributed by atoms with Crippen LogP contribution in [0.25, 0.3) is 11.4 Å². The van der Waals surface area contributed by atoms with Gasteiger partial charge in [0.2, 0.25) is 17.6 Å². The molecule has 0 aliphatic carbocycles. The van der Waals surface area contributed by atoms with Crippen LogP contribution in [-0.4, -0.2) is 30.3 Å². The average Bonchev–Trinajstić information content (AvgIpc) is 3.16. The fourth-order valence-corrected chi connectivity index (χ4v) is 2.56.